The van der Waals surface area contributed by atoms with E-state index in [9.17, 15) is 22.2 Å². The summed E-state index contributed by atoms with van der Waals surface area (Å²) < 4.78 is 49.8. The third-order valence-corrected chi connectivity index (χ3v) is 4.16. The average Bonchev–Trinajstić information content (AvgIpc) is 2.33. The SMILES string of the molecule is CC(=O)NCCCS(=O)c1ccc(Cl)c(C(F)(F)F)c1. The summed E-state index contributed by atoms with van der Waals surface area (Å²) in [5.74, 6) is -0.0409. The molecule has 0 fully saturated rings. The number of hydrogen-bond donors (Lipinski definition) is 1. The molecule has 0 saturated carbocycles. The fourth-order valence-corrected chi connectivity index (χ4v) is 2.78. The minimum atomic E-state index is -4.58. The second kappa shape index (κ2) is 7.08. The standard InChI is InChI=1S/C12H13ClF3NO2S/c1-8(18)17-5-2-6-20(19)9-3-4-11(13)10(7-9)12(14,15)16/h3-4,7H,2,5-6H2,1H3,(H,17,18). The molecule has 8 heteroatoms. The van der Waals surface area contributed by atoms with E-state index in [1.807, 2.05) is 0 Å². The summed E-state index contributed by atoms with van der Waals surface area (Å²) in [5, 5.41) is 2.10. The number of alkyl halides is 3. The molecule has 0 aliphatic rings. The van der Waals surface area contributed by atoms with Gasteiger partial charge in [0.15, 0.2) is 0 Å². The number of carbonyl (C=O) groups excluding carboxylic acids is 1. The monoisotopic (exact) mass is 327 g/mol. The Morgan fingerprint density at radius 1 is 1.40 bits per heavy atom. The van der Waals surface area contributed by atoms with Crippen LogP contribution in [0, 0.1) is 0 Å². The Morgan fingerprint density at radius 3 is 2.60 bits per heavy atom. The molecule has 1 N–H and O–H groups in total. The third-order valence-electron chi connectivity index (χ3n) is 2.39. The van der Waals surface area contributed by atoms with Crippen molar-refractivity contribution in [3.63, 3.8) is 0 Å². The molecule has 1 unspecified atom stereocenters. The average molecular weight is 328 g/mol. The molecule has 1 atom stereocenters. The van der Waals surface area contributed by atoms with Gasteiger partial charge in [0.25, 0.3) is 0 Å². The Bertz CT molecular complexity index is 520. The number of carbonyl (C=O) groups is 1. The highest BCUT2D eigenvalue weighted by Crippen LogP contribution is 2.35. The molecule has 0 radical (unpaired) electrons. The van der Waals surface area contributed by atoms with Crippen LogP contribution in [0.5, 0.6) is 0 Å². The van der Waals surface area contributed by atoms with Crippen LogP contribution in [-0.2, 0) is 21.8 Å². The fraction of sp³-hybridized carbons (Fsp3) is 0.417. The Labute approximate surface area is 122 Å². The van der Waals surface area contributed by atoms with E-state index in [2.05, 4.69) is 5.32 Å². The number of hydrogen-bond acceptors (Lipinski definition) is 2. The maximum atomic E-state index is 12.7. The van der Waals surface area contributed by atoms with Crippen LogP contribution in [-0.4, -0.2) is 22.4 Å². The lowest BCUT2D eigenvalue weighted by Gasteiger charge is -2.10. The number of rotatable bonds is 5. The molecule has 0 heterocycles. The van der Waals surface area contributed by atoms with Gasteiger partial charge in [-0.2, -0.15) is 13.2 Å². The van der Waals surface area contributed by atoms with E-state index >= 15 is 0 Å². The Balaban J connectivity index is 2.72. The quantitative estimate of drug-likeness (QED) is 0.845. The molecule has 112 valence electrons. The molecule has 0 aromatic heterocycles. The molecule has 0 saturated heterocycles. The van der Waals surface area contributed by atoms with Gasteiger partial charge in [-0.15, -0.1) is 0 Å². The highest BCUT2D eigenvalue weighted by atomic mass is 35.5. The van der Waals surface area contributed by atoms with Gasteiger partial charge in [0.2, 0.25) is 5.91 Å². The van der Waals surface area contributed by atoms with E-state index in [1.165, 1.54) is 13.0 Å². The van der Waals surface area contributed by atoms with Crippen molar-refractivity contribution in [1.29, 1.82) is 0 Å². The second-order valence-corrected chi connectivity index (χ2v) is 6.00. The smallest absolute Gasteiger partial charge is 0.356 e. The fourth-order valence-electron chi connectivity index (χ4n) is 1.45. The molecule has 3 nitrogen and oxygen atoms in total. The van der Waals surface area contributed by atoms with Crippen LogP contribution in [0.15, 0.2) is 23.1 Å². The second-order valence-electron chi connectivity index (χ2n) is 4.03. The predicted octanol–water partition coefficient (Wildman–Crippen LogP) is 2.99. The first-order chi connectivity index (χ1) is 9.21. The van der Waals surface area contributed by atoms with Crippen LogP contribution in [0.4, 0.5) is 13.2 Å². The Morgan fingerprint density at radius 2 is 2.05 bits per heavy atom. The van der Waals surface area contributed by atoms with Gasteiger partial charge in [-0.1, -0.05) is 11.6 Å². The largest absolute Gasteiger partial charge is 0.417 e. The Kier molecular flexibility index (Phi) is 6.01. The van der Waals surface area contributed by atoms with Crippen molar-refractivity contribution in [1.82, 2.24) is 5.32 Å². The van der Waals surface area contributed by atoms with E-state index in [-0.39, 0.29) is 16.6 Å². The summed E-state index contributed by atoms with van der Waals surface area (Å²) in [6.45, 7) is 1.69. The van der Waals surface area contributed by atoms with Gasteiger partial charge in [0, 0.05) is 24.1 Å². The van der Waals surface area contributed by atoms with Crippen LogP contribution in [0.3, 0.4) is 0 Å². The van der Waals surface area contributed by atoms with Gasteiger partial charge in [-0.25, -0.2) is 0 Å². The molecule has 1 amide bonds. The zero-order chi connectivity index (χ0) is 15.3. The molecule has 0 spiro atoms. The summed E-state index contributed by atoms with van der Waals surface area (Å²) in [7, 11) is -1.56. The van der Waals surface area contributed by atoms with Crippen LogP contribution >= 0.6 is 11.6 Å². The summed E-state index contributed by atoms with van der Waals surface area (Å²) in [6, 6.07) is 3.20. The van der Waals surface area contributed by atoms with Crippen molar-refractivity contribution in [3.8, 4) is 0 Å². The third kappa shape index (κ3) is 5.13. The highest BCUT2D eigenvalue weighted by Gasteiger charge is 2.33. The maximum Gasteiger partial charge on any atom is 0.417 e. The molecule has 20 heavy (non-hydrogen) atoms. The minimum Gasteiger partial charge on any atom is -0.356 e. The van der Waals surface area contributed by atoms with Crippen LogP contribution in [0.25, 0.3) is 0 Å². The summed E-state index contributed by atoms with van der Waals surface area (Å²) in [5.41, 5.74) is -0.994. The summed E-state index contributed by atoms with van der Waals surface area (Å²) in [4.78, 5) is 10.7. The maximum absolute atomic E-state index is 12.7. The van der Waals surface area contributed by atoms with Gasteiger partial charge in [-0.05, 0) is 24.6 Å². The highest BCUT2D eigenvalue weighted by molar-refractivity contribution is 7.85. The first-order valence-corrected chi connectivity index (χ1v) is 7.41. The molecule has 0 aliphatic carbocycles. The zero-order valence-corrected chi connectivity index (χ0v) is 12.2. The van der Waals surface area contributed by atoms with Crippen molar-refractivity contribution < 1.29 is 22.2 Å². The number of nitrogens with one attached hydrogen (secondary N) is 1. The van der Waals surface area contributed by atoms with Crippen molar-refractivity contribution in [2.24, 2.45) is 0 Å². The van der Waals surface area contributed by atoms with Crippen molar-refractivity contribution in [3.05, 3.63) is 28.8 Å². The predicted molar refractivity (Wildman–Crippen MR) is 71.0 cm³/mol. The van der Waals surface area contributed by atoms with Crippen LogP contribution in [0.1, 0.15) is 18.9 Å². The van der Waals surface area contributed by atoms with E-state index in [1.54, 1.807) is 0 Å². The zero-order valence-electron chi connectivity index (χ0n) is 10.6. The molecule has 1 rings (SSSR count). The minimum absolute atomic E-state index is 0.0737. The van der Waals surface area contributed by atoms with E-state index in [4.69, 9.17) is 11.6 Å². The van der Waals surface area contributed by atoms with Crippen LogP contribution < -0.4 is 5.32 Å². The first kappa shape index (κ1) is 17.0. The van der Waals surface area contributed by atoms with Gasteiger partial charge in [0.05, 0.1) is 21.4 Å². The van der Waals surface area contributed by atoms with Gasteiger partial charge in [-0.3, -0.25) is 9.00 Å². The lowest BCUT2D eigenvalue weighted by Crippen LogP contribution is -2.22. The lowest BCUT2D eigenvalue weighted by molar-refractivity contribution is -0.137. The topological polar surface area (TPSA) is 46.2 Å². The number of halogens is 4. The van der Waals surface area contributed by atoms with Crippen molar-refractivity contribution >= 4 is 28.3 Å². The summed E-state index contributed by atoms with van der Waals surface area (Å²) in [6.07, 6.45) is -4.16. The van der Waals surface area contributed by atoms with E-state index in [0.29, 0.717) is 13.0 Å². The van der Waals surface area contributed by atoms with E-state index in [0.717, 1.165) is 12.1 Å². The Hall–Kier alpha value is -1.08. The molecule has 1 aromatic rings. The van der Waals surface area contributed by atoms with Gasteiger partial charge in [0.1, 0.15) is 0 Å². The first-order valence-electron chi connectivity index (χ1n) is 5.71. The molecule has 0 aliphatic heterocycles. The number of amides is 1. The van der Waals surface area contributed by atoms with Crippen molar-refractivity contribution in [2.45, 2.75) is 24.4 Å². The molecule has 0 bridgehead atoms. The molecule has 1 aromatic carbocycles. The molecular formula is C12H13ClF3NO2S. The normalized spacial score (nSPS) is 13.1. The van der Waals surface area contributed by atoms with Gasteiger partial charge >= 0.3 is 6.18 Å². The lowest BCUT2D eigenvalue weighted by atomic mass is 10.2. The van der Waals surface area contributed by atoms with E-state index < -0.39 is 27.6 Å². The summed E-state index contributed by atoms with van der Waals surface area (Å²) >= 11 is 5.48. The van der Waals surface area contributed by atoms with Crippen molar-refractivity contribution in [2.75, 3.05) is 12.3 Å². The van der Waals surface area contributed by atoms with Gasteiger partial charge < -0.3 is 5.32 Å². The molecular weight excluding hydrogens is 315 g/mol. The number of benzene rings is 1. The van der Waals surface area contributed by atoms with Crippen LogP contribution in [0.2, 0.25) is 5.02 Å².